The molecule has 2 aliphatic heterocycles. The number of nitrogens with zero attached hydrogens (tertiary/aromatic N) is 4. The topological polar surface area (TPSA) is 64.3 Å². The normalized spacial score (nSPS) is 28.0. The third kappa shape index (κ3) is 2.23. The van der Waals surface area contributed by atoms with E-state index in [0.29, 0.717) is 6.04 Å². The van der Waals surface area contributed by atoms with Gasteiger partial charge in [-0.25, -0.2) is 0 Å². The molecule has 2 saturated heterocycles. The molecule has 108 valence electrons. The summed E-state index contributed by atoms with van der Waals surface area (Å²) < 4.78 is 7.60. The largest absolute Gasteiger partial charge is 0.370 e. The molecule has 7 heteroatoms. The standard InChI is InChI=1S/C13H19N5OS/c1-2-5-9(14-7-3-1)12-17-18-11(10-6-4-8-19-10)15-16-13(18)20-12/h9-10,14H,1-8H2. The van der Waals surface area contributed by atoms with Crippen molar-refractivity contribution in [2.45, 2.75) is 50.7 Å². The molecule has 2 unspecified atom stereocenters. The maximum Gasteiger partial charge on any atom is 0.234 e. The van der Waals surface area contributed by atoms with Crippen LogP contribution in [0.2, 0.25) is 0 Å². The van der Waals surface area contributed by atoms with Crippen molar-refractivity contribution in [3.63, 3.8) is 0 Å². The molecule has 0 radical (unpaired) electrons. The van der Waals surface area contributed by atoms with Crippen LogP contribution >= 0.6 is 11.3 Å². The Bertz CT molecular complexity index is 581. The third-order valence-electron chi connectivity index (χ3n) is 4.11. The molecule has 4 rings (SSSR count). The van der Waals surface area contributed by atoms with Crippen molar-refractivity contribution in [3.8, 4) is 0 Å². The predicted octanol–water partition coefficient (Wildman–Crippen LogP) is 2.24. The van der Waals surface area contributed by atoms with Crippen molar-refractivity contribution in [1.82, 2.24) is 25.1 Å². The van der Waals surface area contributed by atoms with Crippen LogP contribution in [0, 0.1) is 0 Å². The summed E-state index contributed by atoms with van der Waals surface area (Å²) in [6.45, 7) is 1.91. The van der Waals surface area contributed by atoms with E-state index in [0.717, 1.165) is 41.8 Å². The number of fused-ring (bicyclic) bond motifs is 1. The molecule has 4 heterocycles. The first kappa shape index (κ1) is 12.7. The van der Waals surface area contributed by atoms with Crippen LogP contribution in [-0.4, -0.2) is 33.0 Å². The molecule has 0 aromatic carbocycles. The number of rotatable bonds is 2. The summed E-state index contributed by atoms with van der Waals surface area (Å²) in [5.74, 6) is 0.869. The average Bonchev–Trinajstić information content (AvgIpc) is 3.12. The Balaban J connectivity index is 1.64. The van der Waals surface area contributed by atoms with Crippen molar-refractivity contribution in [3.05, 3.63) is 10.8 Å². The van der Waals surface area contributed by atoms with Gasteiger partial charge in [0.1, 0.15) is 11.1 Å². The predicted molar refractivity (Wildman–Crippen MR) is 75.8 cm³/mol. The zero-order valence-electron chi connectivity index (χ0n) is 11.4. The van der Waals surface area contributed by atoms with Gasteiger partial charge in [0.25, 0.3) is 0 Å². The van der Waals surface area contributed by atoms with E-state index in [9.17, 15) is 0 Å². The van der Waals surface area contributed by atoms with Gasteiger partial charge in [0.15, 0.2) is 5.82 Å². The third-order valence-corrected chi connectivity index (χ3v) is 5.12. The minimum absolute atomic E-state index is 0.0713. The van der Waals surface area contributed by atoms with Crippen molar-refractivity contribution < 1.29 is 4.74 Å². The van der Waals surface area contributed by atoms with Crippen LogP contribution in [0.3, 0.4) is 0 Å². The van der Waals surface area contributed by atoms with Gasteiger partial charge in [-0.1, -0.05) is 24.2 Å². The maximum atomic E-state index is 5.71. The van der Waals surface area contributed by atoms with Gasteiger partial charge < -0.3 is 10.1 Å². The molecule has 0 bridgehead atoms. The van der Waals surface area contributed by atoms with Crippen LogP contribution in [0.15, 0.2) is 0 Å². The Morgan fingerprint density at radius 3 is 3.05 bits per heavy atom. The Kier molecular flexibility index (Phi) is 3.41. The number of ether oxygens (including phenoxy) is 1. The number of aromatic nitrogens is 4. The molecule has 20 heavy (non-hydrogen) atoms. The van der Waals surface area contributed by atoms with Gasteiger partial charge in [-0.2, -0.15) is 9.61 Å². The molecule has 6 nitrogen and oxygen atoms in total. The van der Waals surface area contributed by atoms with Gasteiger partial charge >= 0.3 is 0 Å². The zero-order chi connectivity index (χ0) is 13.4. The Morgan fingerprint density at radius 1 is 1.15 bits per heavy atom. The number of hydrogen-bond acceptors (Lipinski definition) is 6. The van der Waals surface area contributed by atoms with Gasteiger partial charge in [0.05, 0.1) is 6.04 Å². The Hall–Kier alpha value is -1.05. The van der Waals surface area contributed by atoms with Crippen molar-refractivity contribution in [1.29, 1.82) is 0 Å². The molecule has 2 aliphatic rings. The van der Waals surface area contributed by atoms with Crippen LogP contribution < -0.4 is 5.32 Å². The molecule has 2 aromatic heterocycles. The Morgan fingerprint density at radius 2 is 2.15 bits per heavy atom. The second-order valence-corrected chi connectivity index (χ2v) is 6.54. The fraction of sp³-hybridized carbons (Fsp3) is 0.769. The Labute approximate surface area is 121 Å². The highest BCUT2D eigenvalue weighted by Crippen LogP contribution is 2.31. The van der Waals surface area contributed by atoms with E-state index in [2.05, 4.69) is 15.5 Å². The smallest absolute Gasteiger partial charge is 0.234 e. The molecule has 2 aromatic rings. The van der Waals surface area contributed by atoms with Gasteiger partial charge in [-0.15, -0.1) is 10.2 Å². The molecule has 2 fully saturated rings. The van der Waals surface area contributed by atoms with Crippen LogP contribution in [0.5, 0.6) is 0 Å². The van der Waals surface area contributed by atoms with Crippen molar-refractivity contribution in [2.24, 2.45) is 0 Å². The zero-order valence-corrected chi connectivity index (χ0v) is 12.2. The van der Waals surface area contributed by atoms with Gasteiger partial charge in [-0.05, 0) is 32.2 Å². The number of nitrogens with one attached hydrogen (secondary N) is 1. The van der Waals surface area contributed by atoms with E-state index in [1.165, 1.54) is 25.7 Å². The summed E-state index contributed by atoms with van der Waals surface area (Å²) in [6.07, 6.45) is 7.21. The lowest BCUT2D eigenvalue weighted by Gasteiger charge is -2.11. The first-order chi connectivity index (χ1) is 9.92. The van der Waals surface area contributed by atoms with Gasteiger partial charge in [0, 0.05) is 6.61 Å². The van der Waals surface area contributed by atoms with E-state index in [-0.39, 0.29) is 6.10 Å². The summed E-state index contributed by atoms with van der Waals surface area (Å²) in [5, 5.41) is 18.0. The quantitative estimate of drug-likeness (QED) is 0.920. The molecule has 0 spiro atoms. The second-order valence-electron chi connectivity index (χ2n) is 5.55. The average molecular weight is 293 g/mol. The first-order valence-electron chi connectivity index (χ1n) is 7.49. The summed E-state index contributed by atoms with van der Waals surface area (Å²) >= 11 is 1.65. The molecule has 1 N–H and O–H groups in total. The van der Waals surface area contributed by atoms with Crippen molar-refractivity contribution in [2.75, 3.05) is 13.2 Å². The van der Waals surface area contributed by atoms with Gasteiger partial charge in [-0.3, -0.25) is 0 Å². The second kappa shape index (κ2) is 5.38. The van der Waals surface area contributed by atoms with E-state index in [4.69, 9.17) is 9.84 Å². The summed E-state index contributed by atoms with van der Waals surface area (Å²) in [6, 6.07) is 0.376. The van der Waals surface area contributed by atoms with Crippen LogP contribution in [-0.2, 0) is 4.74 Å². The van der Waals surface area contributed by atoms with E-state index in [1.54, 1.807) is 11.3 Å². The molecule has 0 saturated carbocycles. The van der Waals surface area contributed by atoms with Crippen LogP contribution in [0.25, 0.3) is 4.96 Å². The molecule has 2 atom stereocenters. The highest BCUT2D eigenvalue weighted by molar-refractivity contribution is 7.16. The van der Waals surface area contributed by atoms with E-state index < -0.39 is 0 Å². The number of hydrogen-bond donors (Lipinski definition) is 1. The van der Waals surface area contributed by atoms with Crippen molar-refractivity contribution >= 4 is 16.3 Å². The minimum Gasteiger partial charge on any atom is -0.370 e. The molecular weight excluding hydrogens is 274 g/mol. The lowest BCUT2D eigenvalue weighted by molar-refractivity contribution is 0.103. The van der Waals surface area contributed by atoms with Crippen LogP contribution in [0.4, 0.5) is 0 Å². The maximum absolute atomic E-state index is 5.71. The first-order valence-corrected chi connectivity index (χ1v) is 8.30. The van der Waals surface area contributed by atoms with E-state index in [1.807, 2.05) is 4.52 Å². The SMILES string of the molecule is C1CCNC(c2nn3c(C4CCCO4)nnc3s2)CC1. The van der Waals surface area contributed by atoms with Gasteiger partial charge in [0.2, 0.25) is 4.96 Å². The van der Waals surface area contributed by atoms with Crippen LogP contribution in [0.1, 0.15) is 61.5 Å². The highest BCUT2D eigenvalue weighted by atomic mass is 32.1. The summed E-state index contributed by atoms with van der Waals surface area (Å²) in [5.41, 5.74) is 0. The fourth-order valence-electron chi connectivity index (χ4n) is 3.01. The molecule has 0 aliphatic carbocycles. The minimum atomic E-state index is 0.0713. The lowest BCUT2D eigenvalue weighted by Crippen LogP contribution is -2.20. The highest BCUT2D eigenvalue weighted by Gasteiger charge is 2.26. The summed E-state index contributed by atoms with van der Waals surface area (Å²) in [4.78, 5) is 0.886. The lowest BCUT2D eigenvalue weighted by atomic mass is 10.1. The van der Waals surface area contributed by atoms with E-state index >= 15 is 0 Å². The fourth-order valence-corrected chi connectivity index (χ4v) is 3.96. The molecule has 0 amide bonds. The summed E-state index contributed by atoms with van der Waals surface area (Å²) in [7, 11) is 0. The molecular formula is C13H19N5OS. The monoisotopic (exact) mass is 293 g/mol.